The summed E-state index contributed by atoms with van der Waals surface area (Å²) in [5.41, 5.74) is 0. The van der Waals surface area contributed by atoms with Crippen molar-refractivity contribution in [3.05, 3.63) is 12.2 Å². The highest BCUT2D eigenvalue weighted by molar-refractivity contribution is 5.71. The van der Waals surface area contributed by atoms with Gasteiger partial charge < -0.3 is 0 Å². The summed E-state index contributed by atoms with van der Waals surface area (Å²) in [4.78, 5) is 4.47. The Balaban J connectivity index is 2.36. The number of hydrogen-bond donors (Lipinski definition) is 0. The molecule has 2 atom stereocenters. The van der Waals surface area contributed by atoms with Crippen LogP contribution in [0.2, 0.25) is 0 Å². The number of rotatable bonds is 2. The SMILES string of the molecule is C/C=C\C=N/C1C(C)CC1C. The van der Waals surface area contributed by atoms with Crippen molar-refractivity contribution in [1.29, 1.82) is 0 Å². The Morgan fingerprint density at radius 3 is 2.36 bits per heavy atom. The van der Waals surface area contributed by atoms with Gasteiger partial charge in [-0.2, -0.15) is 0 Å². The van der Waals surface area contributed by atoms with Crippen molar-refractivity contribution in [1.82, 2.24) is 0 Å². The number of nitrogens with zero attached hydrogens (tertiary/aromatic N) is 1. The maximum absolute atomic E-state index is 4.47. The minimum absolute atomic E-state index is 0.589. The quantitative estimate of drug-likeness (QED) is 0.538. The van der Waals surface area contributed by atoms with Gasteiger partial charge in [0.15, 0.2) is 0 Å². The molecule has 0 aromatic heterocycles. The Morgan fingerprint density at radius 1 is 1.27 bits per heavy atom. The third kappa shape index (κ3) is 1.92. The molecule has 0 amide bonds. The Hall–Kier alpha value is -0.590. The summed E-state index contributed by atoms with van der Waals surface area (Å²) < 4.78 is 0. The van der Waals surface area contributed by atoms with Crippen LogP contribution >= 0.6 is 0 Å². The van der Waals surface area contributed by atoms with E-state index in [0.717, 1.165) is 11.8 Å². The van der Waals surface area contributed by atoms with E-state index in [1.54, 1.807) is 0 Å². The second kappa shape index (κ2) is 3.70. The third-order valence-electron chi connectivity index (χ3n) is 2.45. The molecule has 0 N–H and O–H groups in total. The number of hydrogen-bond acceptors (Lipinski definition) is 1. The molecule has 0 radical (unpaired) electrons. The molecule has 1 saturated carbocycles. The summed E-state index contributed by atoms with van der Waals surface area (Å²) in [7, 11) is 0. The van der Waals surface area contributed by atoms with Crippen molar-refractivity contribution >= 4 is 6.21 Å². The van der Waals surface area contributed by atoms with Crippen molar-refractivity contribution < 1.29 is 0 Å². The zero-order valence-corrected chi connectivity index (χ0v) is 7.62. The van der Waals surface area contributed by atoms with Crippen LogP contribution in [0.4, 0.5) is 0 Å². The molecule has 0 aromatic rings. The smallest absolute Gasteiger partial charge is 0.0550 e. The highest BCUT2D eigenvalue weighted by Gasteiger charge is 2.33. The first-order valence-electron chi connectivity index (χ1n) is 4.40. The van der Waals surface area contributed by atoms with Gasteiger partial charge in [0.05, 0.1) is 6.04 Å². The molecular formula is C10H17N. The molecule has 0 aliphatic heterocycles. The lowest BCUT2D eigenvalue weighted by atomic mass is 9.72. The van der Waals surface area contributed by atoms with E-state index in [1.807, 2.05) is 25.3 Å². The van der Waals surface area contributed by atoms with Gasteiger partial charge in [0.25, 0.3) is 0 Å². The molecule has 1 heteroatoms. The van der Waals surface area contributed by atoms with E-state index in [-0.39, 0.29) is 0 Å². The molecule has 0 saturated heterocycles. The molecule has 1 nitrogen and oxygen atoms in total. The van der Waals surface area contributed by atoms with Crippen molar-refractivity contribution in [3.8, 4) is 0 Å². The van der Waals surface area contributed by atoms with Gasteiger partial charge in [-0.25, -0.2) is 0 Å². The largest absolute Gasteiger partial charge is 0.289 e. The van der Waals surface area contributed by atoms with Crippen molar-refractivity contribution in [2.24, 2.45) is 16.8 Å². The highest BCUT2D eigenvalue weighted by Crippen LogP contribution is 2.35. The zero-order chi connectivity index (χ0) is 8.27. The molecular weight excluding hydrogens is 134 g/mol. The van der Waals surface area contributed by atoms with Gasteiger partial charge in [-0.3, -0.25) is 4.99 Å². The summed E-state index contributed by atoms with van der Waals surface area (Å²) in [6.45, 7) is 6.56. The molecule has 1 aliphatic carbocycles. The maximum Gasteiger partial charge on any atom is 0.0550 e. The summed E-state index contributed by atoms with van der Waals surface area (Å²) >= 11 is 0. The standard InChI is InChI=1S/C10H17N/c1-4-5-6-11-10-8(2)7-9(10)3/h4-6,8-10H,7H2,1-3H3/b5-4-,11-6-. The average molecular weight is 151 g/mol. The van der Waals surface area contributed by atoms with Crippen LogP contribution in [0, 0.1) is 11.8 Å². The van der Waals surface area contributed by atoms with Crippen LogP contribution in [0.3, 0.4) is 0 Å². The molecule has 11 heavy (non-hydrogen) atoms. The Morgan fingerprint density at radius 2 is 1.91 bits per heavy atom. The Bertz CT molecular complexity index is 162. The molecule has 0 heterocycles. The van der Waals surface area contributed by atoms with Crippen LogP contribution in [0.5, 0.6) is 0 Å². The lowest BCUT2D eigenvalue weighted by molar-refractivity contribution is 0.182. The van der Waals surface area contributed by atoms with Crippen LogP contribution in [-0.4, -0.2) is 12.3 Å². The Labute approximate surface area is 69.2 Å². The Kier molecular flexibility index (Phi) is 2.86. The minimum Gasteiger partial charge on any atom is -0.289 e. The first-order chi connectivity index (χ1) is 5.25. The van der Waals surface area contributed by atoms with Gasteiger partial charge in [0.1, 0.15) is 0 Å². The monoisotopic (exact) mass is 151 g/mol. The maximum atomic E-state index is 4.47. The van der Waals surface area contributed by atoms with Crippen molar-refractivity contribution in [2.45, 2.75) is 33.2 Å². The van der Waals surface area contributed by atoms with E-state index in [0.29, 0.717) is 6.04 Å². The van der Waals surface area contributed by atoms with Gasteiger partial charge in [-0.1, -0.05) is 19.9 Å². The van der Waals surface area contributed by atoms with E-state index in [9.17, 15) is 0 Å². The van der Waals surface area contributed by atoms with Crippen LogP contribution in [0.1, 0.15) is 27.2 Å². The van der Waals surface area contributed by atoms with Gasteiger partial charge in [0.2, 0.25) is 0 Å². The summed E-state index contributed by atoms with van der Waals surface area (Å²) in [6, 6.07) is 0.589. The minimum atomic E-state index is 0.589. The highest BCUT2D eigenvalue weighted by atomic mass is 14.8. The molecule has 2 unspecified atom stereocenters. The van der Waals surface area contributed by atoms with Crippen molar-refractivity contribution in [2.75, 3.05) is 0 Å². The fourth-order valence-corrected chi connectivity index (χ4v) is 1.76. The molecule has 1 rings (SSSR count). The molecule has 1 aliphatic rings. The number of allylic oxidation sites excluding steroid dienone is 2. The van der Waals surface area contributed by atoms with Gasteiger partial charge in [-0.05, 0) is 31.3 Å². The molecule has 0 spiro atoms. The normalized spacial score (nSPS) is 38.3. The van der Waals surface area contributed by atoms with Crippen molar-refractivity contribution in [3.63, 3.8) is 0 Å². The fourth-order valence-electron chi connectivity index (χ4n) is 1.76. The van der Waals surface area contributed by atoms with E-state index >= 15 is 0 Å². The fraction of sp³-hybridized carbons (Fsp3) is 0.700. The predicted octanol–water partition coefficient (Wildman–Crippen LogP) is 2.68. The van der Waals surface area contributed by atoms with Crippen LogP contribution < -0.4 is 0 Å². The lowest BCUT2D eigenvalue weighted by Crippen LogP contribution is -2.36. The van der Waals surface area contributed by atoms with E-state index in [4.69, 9.17) is 0 Å². The molecule has 0 bridgehead atoms. The molecule has 0 aromatic carbocycles. The topological polar surface area (TPSA) is 12.4 Å². The molecule has 62 valence electrons. The van der Waals surface area contributed by atoms with Crippen LogP contribution in [0.15, 0.2) is 17.1 Å². The summed E-state index contributed by atoms with van der Waals surface area (Å²) in [6.07, 6.45) is 7.28. The third-order valence-corrected chi connectivity index (χ3v) is 2.45. The van der Waals surface area contributed by atoms with Crippen LogP contribution in [-0.2, 0) is 0 Å². The van der Waals surface area contributed by atoms with E-state index in [1.165, 1.54) is 6.42 Å². The second-order valence-corrected chi connectivity index (χ2v) is 3.50. The summed E-state index contributed by atoms with van der Waals surface area (Å²) in [5.74, 6) is 1.60. The summed E-state index contributed by atoms with van der Waals surface area (Å²) in [5, 5.41) is 0. The zero-order valence-electron chi connectivity index (χ0n) is 7.62. The number of aliphatic imine (C=N–C) groups is 1. The van der Waals surface area contributed by atoms with Crippen LogP contribution in [0.25, 0.3) is 0 Å². The first kappa shape index (κ1) is 8.51. The van der Waals surface area contributed by atoms with Gasteiger partial charge >= 0.3 is 0 Å². The lowest BCUT2D eigenvalue weighted by Gasteiger charge is -2.37. The predicted molar refractivity (Wildman–Crippen MR) is 50.0 cm³/mol. The second-order valence-electron chi connectivity index (χ2n) is 3.50. The van der Waals surface area contributed by atoms with E-state index < -0.39 is 0 Å². The van der Waals surface area contributed by atoms with Gasteiger partial charge in [0, 0.05) is 6.21 Å². The van der Waals surface area contributed by atoms with Gasteiger partial charge in [-0.15, -0.1) is 0 Å². The average Bonchev–Trinajstić information content (AvgIpc) is 1.98. The molecule has 1 fully saturated rings. The van der Waals surface area contributed by atoms with E-state index in [2.05, 4.69) is 18.8 Å². The first-order valence-corrected chi connectivity index (χ1v) is 4.40.